The zero-order valence-corrected chi connectivity index (χ0v) is 8.87. The SMILES string of the molecule is O=[N+]([O-])c1[c]cc(OCc2cccnc2)cc1. The summed E-state index contributed by atoms with van der Waals surface area (Å²) < 4.78 is 5.43. The van der Waals surface area contributed by atoms with Crippen molar-refractivity contribution in [1.82, 2.24) is 4.98 Å². The van der Waals surface area contributed by atoms with Crippen LogP contribution in [0.25, 0.3) is 0 Å². The number of ether oxygens (including phenoxy) is 1. The smallest absolute Gasteiger partial charge is 0.277 e. The molecular formula is C12H9N2O3. The maximum atomic E-state index is 10.4. The summed E-state index contributed by atoms with van der Waals surface area (Å²) in [5.74, 6) is 0.541. The summed E-state index contributed by atoms with van der Waals surface area (Å²) in [4.78, 5) is 13.9. The van der Waals surface area contributed by atoms with Crippen molar-refractivity contribution >= 4 is 5.69 Å². The Bertz CT molecular complexity index is 497. The van der Waals surface area contributed by atoms with Crippen LogP contribution in [0.5, 0.6) is 5.75 Å². The average molecular weight is 229 g/mol. The first-order valence-corrected chi connectivity index (χ1v) is 4.93. The fourth-order valence-corrected chi connectivity index (χ4v) is 1.26. The Hall–Kier alpha value is -2.43. The number of nitro benzene ring substituents is 1. The van der Waals surface area contributed by atoms with E-state index < -0.39 is 4.92 Å². The van der Waals surface area contributed by atoms with E-state index in [1.165, 1.54) is 12.1 Å². The van der Waals surface area contributed by atoms with Crippen molar-refractivity contribution in [2.75, 3.05) is 0 Å². The molecule has 1 aromatic heterocycles. The number of non-ortho nitro benzene ring substituents is 1. The number of aromatic nitrogens is 1. The molecule has 0 spiro atoms. The summed E-state index contributed by atoms with van der Waals surface area (Å²) in [5.41, 5.74) is 0.865. The highest BCUT2D eigenvalue weighted by Crippen LogP contribution is 2.17. The largest absolute Gasteiger partial charge is 0.489 e. The van der Waals surface area contributed by atoms with Gasteiger partial charge in [-0.05, 0) is 18.2 Å². The Morgan fingerprint density at radius 3 is 2.88 bits per heavy atom. The van der Waals surface area contributed by atoms with Crippen molar-refractivity contribution in [2.45, 2.75) is 6.61 Å². The number of hydrogen-bond acceptors (Lipinski definition) is 4. The molecule has 0 unspecified atom stereocenters. The summed E-state index contributed by atoms with van der Waals surface area (Å²) >= 11 is 0. The molecule has 2 rings (SSSR count). The zero-order chi connectivity index (χ0) is 12.1. The van der Waals surface area contributed by atoms with Gasteiger partial charge in [0, 0.05) is 24.0 Å². The van der Waals surface area contributed by atoms with Gasteiger partial charge in [0.2, 0.25) is 0 Å². The Balaban J connectivity index is 1.98. The fourth-order valence-electron chi connectivity index (χ4n) is 1.26. The summed E-state index contributed by atoms with van der Waals surface area (Å²) in [7, 11) is 0. The minimum Gasteiger partial charge on any atom is -0.489 e. The van der Waals surface area contributed by atoms with Gasteiger partial charge in [0.1, 0.15) is 12.4 Å². The van der Waals surface area contributed by atoms with Gasteiger partial charge in [-0.2, -0.15) is 0 Å². The van der Waals surface area contributed by atoms with E-state index in [9.17, 15) is 10.1 Å². The van der Waals surface area contributed by atoms with Crippen molar-refractivity contribution in [3.05, 3.63) is 64.5 Å². The third-order valence-corrected chi connectivity index (χ3v) is 2.09. The van der Waals surface area contributed by atoms with Gasteiger partial charge in [0.15, 0.2) is 0 Å². The molecule has 1 heterocycles. The summed E-state index contributed by atoms with van der Waals surface area (Å²) in [6.45, 7) is 0.374. The van der Waals surface area contributed by atoms with Crippen molar-refractivity contribution < 1.29 is 9.66 Å². The van der Waals surface area contributed by atoms with Crippen LogP contribution in [-0.2, 0) is 6.61 Å². The van der Waals surface area contributed by atoms with Crippen molar-refractivity contribution in [3.8, 4) is 5.75 Å². The summed E-state index contributed by atoms with van der Waals surface area (Å²) in [5, 5.41) is 10.4. The number of nitrogens with zero attached hydrogens (tertiary/aromatic N) is 2. The molecule has 0 aliphatic carbocycles. The fraction of sp³-hybridized carbons (Fsp3) is 0.0833. The standard InChI is InChI=1S/C12H9N2O3/c15-14(16)11-3-5-12(6-4-11)17-9-10-2-1-7-13-8-10/h1-3,5-8H,9H2. The molecule has 0 saturated carbocycles. The predicted octanol–water partition coefficient (Wildman–Crippen LogP) is 2.37. The van der Waals surface area contributed by atoms with Gasteiger partial charge in [0.05, 0.1) is 11.0 Å². The first-order chi connectivity index (χ1) is 8.25. The van der Waals surface area contributed by atoms with Crippen molar-refractivity contribution in [3.63, 3.8) is 0 Å². The van der Waals surface area contributed by atoms with Crippen LogP contribution in [0.15, 0.2) is 42.7 Å². The number of nitro groups is 1. The third-order valence-electron chi connectivity index (χ3n) is 2.09. The topological polar surface area (TPSA) is 65.3 Å². The molecule has 0 N–H and O–H groups in total. The van der Waals surface area contributed by atoms with Crippen LogP contribution in [-0.4, -0.2) is 9.91 Å². The molecule has 0 aliphatic rings. The maximum Gasteiger partial charge on any atom is 0.277 e. The van der Waals surface area contributed by atoms with E-state index in [4.69, 9.17) is 4.74 Å². The molecule has 1 aromatic carbocycles. The van der Waals surface area contributed by atoms with Gasteiger partial charge in [0.25, 0.3) is 5.69 Å². The minimum atomic E-state index is -0.495. The number of benzene rings is 1. The Morgan fingerprint density at radius 2 is 2.29 bits per heavy atom. The number of hydrogen-bond donors (Lipinski definition) is 0. The Labute approximate surface area is 97.8 Å². The average Bonchev–Trinajstić information content (AvgIpc) is 2.38. The van der Waals surface area contributed by atoms with E-state index in [1.54, 1.807) is 18.5 Å². The second-order valence-corrected chi connectivity index (χ2v) is 3.32. The van der Waals surface area contributed by atoms with Gasteiger partial charge in [-0.1, -0.05) is 6.07 Å². The van der Waals surface area contributed by atoms with E-state index in [0.29, 0.717) is 12.4 Å². The molecule has 17 heavy (non-hydrogen) atoms. The zero-order valence-electron chi connectivity index (χ0n) is 8.87. The Kier molecular flexibility index (Phi) is 3.30. The molecule has 0 amide bonds. The number of rotatable bonds is 4. The lowest BCUT2D eigenvalue weighted by atomic mass is 10.3. The number of pyridine rings is 1. The molecule has 0 atom stereocenters. The normalized spacial score (nSPS) is 9.88. The van der Waals surface area contributed by atoms with Crippen LogP contribution in [0.2, 0.25) is 0 Å². The van der Waals surface area contributed by atoms with Crippen LogP contribution in [0.4, 0.5) is 5.69 Å². The minimum absolute atomic E-state index is 0.0706. The molecule has 5 heteroatoms. The Morgan fingerprint density at radius 1 is 1.41 bits per heavy atom. The predicted molar refractivity (Wildman–Crippen MR) is 60.5 cm³/mol. The van der Waals surface area contributed by atoms with Crippen LogP contribution in [0, 0.1) is 16.2 Å². The lowest BCUT2D eigenvalue weighted by Gasteiger charge is -2.04. The van der Waals surface area contributed by atoms with Gasteiger partial charge in [-0.15, -0.1) is 0 Å². The van der Waals surface area contributed by atoms with E-state index in [2.05, 4.69) is 11.1 Å². The van der Waals surface area contributed by atoms with Crippen LogP contribution < -0.4 is 4.74 Å². The van der Waals surface area contributed by atoms with Gasteiger partial charge in [-0.3, -0.25) is 15.1 Å². The van der Waals surface area contributed by atoms with E-state index >= 15 is 0 Å². The van der Waals surface area contributed by atoms with Gasteiger partial charge in [-0.25, -0.2) is 0 Å². The van der Waals surface area contributed by atoms with E-state index in [1.807, 2.05) is 12.1 Å². The van der Waals surface area contributed by atoms with Gasteiger partial charge < -0.3 is 4.74 Å². The highest BCUT2D eigenvalue weighted by atomic mass is 16.6. The lowest BCUT2D eigenvalue weighted by Crippen LogP contribution is -1.96. The van der Waals surface area contributed by atoms with Gasteiger partial charge >= 0.3 is 0 Å². The second kappa shape index (κ2) is 5.07. The second-order valence-electron chi connectivity index (χ2n) is 3.32. The monoisotopic (exact) mass is 229 g/mol. The summed E-state index contributed by atoms with van der Waals surface area (Å²) in [6, 6.07) is 10.6. The highest BCUT2D eigenvalue weighted by molar-refractivity contribution is 5.34. The highest BCUT2D eigenvalue weighted by Gasteiger charge is 2.04. The molecule has 0 bridgehead atoms. The van der Waals surface area contributed by atoms with Crippen LogP contribution in [0.3, 0.4) is 0 Å². The van der Waals surface area contributed by atoms with Crippen LogP contribution >= 0.6 is 0 Å². The molecule has 5 nitrogen and oxygen atoms in total. The molecule has 0 fully saturated rings. The maximum absolute atomic E-state index is 10.4. The van der Waals surface area contributed by atoms with Crippen molar-refractivity contribution in [1.29, 1.82) is 0 Å². The molecule has 0 aliphatic heterocycles. The quantitative estimate of drug-likeness (QED) is 0.596. The van der Waals surface area contributed by atoms with E-state index in [0.717, 1.165) is 5.56 Å². The van der Waals surface area contributed by atoms with Crippen molar-refractivity contribution in [2.24, 2.45) is 0 Å². The molecule has 0 saturated heterocycles. The summed E-state index contributed by atoms with van der Waals surface area (Å²) in [6.07, 6.45) is 3.39. The first kappa shape index (κ1) is 11.1. The molecular weight excluding hydrogens is 220 g/mol. The first-order valence-electron chi connectivity index (χ1n) is 4.93. The van der Waals surface area contributed by atoms with Crippen LogP contribution in [0.1, 0.15) is 5.56 Å². The van der Waals surface area contributed by atoms with E-state index in [-0.39, 0.29) is 5.69 Å². The molecule has 1 radical (unpaired) electrons. The third kappa shape index (κ3) is 3.01. The lowest BCUT2D eigenvalue weighted by molar-refractivity contribution is -0.385. The molecule has 2 aromatic rings. The molecule has 85 valence electrons.